The highest BCUT2D eigenvalue weighted by molar-refractivity contribution is 4.84. The number of hydrogen-bond acceptors (Lipinski definition) is 2. The molecule has 1 aliphatic rings. The topological polar surface area (TPSA) is 15.3 Å². The Hall–Kier alpha value is -0.290. The Morgan fingerprint density at radius 2 is 2.07 bits per heavy atom. The molecule has 0 bridgehead atoms. The van der Waals surface area contributed by atoms with Crippen LogP contribution in [0.5, 0.6) is 0 Å². The van der Waals surface area contributed by atoms with Gasteiger partial charge in [0.1, 0.15) is 0 Å². The first-order valence-corrected chi connectivity index (χ1v) is 4.96. The Kier molecular flexibility index (Phi) is 3.78. The lowest BCUT2D eigenvalue weighted by Gasteiger charge is -2.38. The predicted octanol–water partition coefficient (Wildman–Crippen LogP) is 1.62. The lowest BCUT2D eigenvalue weighted by Crippen LogP contribution is -2.57. The summed E-state index contributed by atoms with van der Waals surface area (Å²) in [5, 5.41) is 3.23. The molecule has 0 aromatic carbocycles. The van der Waals surface area contributed by atoms with Crippen molar-refractivity contribution in [1.82, 2.24) is 10.2 Å². The molecule has 2 unspecified atom stereocenters. The van der Waals surface area contributed by atoms with Crippen LogP contribution in [0.2, 0.25) is 0 Å². The van der Waals surface area contributed by atoms with E-state index in [0.29, 0.717) is 13.1 Å². The highest BCUT2D eigenvalue weighted by Gasteiger charge is 2.35. The van der Waals surface area contributed by atoms with Crippen LogP contribution in [-0.4, -0.2) is 42.8 Å². The van der Waals surface area contributed by atoms with E-state index >= 15 is 0 Å². The molecule has 0 aromatic rings. The van der Waals surface area contributed by atoms with Crippen molar-refractivity contribution in [2.24, 2.45) is 0 Å². The van der Waals surface area contributed by atoms with Crippen molar-refractivity contribution in [3.05, 3.63) is 0 Å². The van der Waals surface area contributed by atoms with E-state index in [1.54, 1.807) is 0 Å². The Bertz CT molecular complexity index is 181. The van der Waals surface area contributed by atoms with Crippen LogP contribution in [0.15, 0.2) is 0 Å². The highest BCUT2D eigenvalue weighted by Crippen LogP contribution is 2.19. The summed E-state index contributed by atoms with van der Waals surface area (Å²) >= 11 is 0. The quantitative estimate of drug-likeness (QED) is 0.745. The number of hydrogen-bond donors (Lipinski definition) is 1. The van der Waals surface area contributed by atoms with Crippen molar-refractivity contribution < 1.29 is 13.2 Å². The molecule has 14 heavy (non-hydrogen) atoms. The minimum absolute atomic E-state index is 0.0283. The second-order valence-corrected chi connectivity index (χ2v) is 3.91. The molecule has 0 aliphatic carbocycles. The van der Waals surface area contributed by atoms with Crippen molar-refractivity contribution in [2.75, 3.05) is 19.6 Å². The average Bonchev–Trinajstić information content (AvgIpc) is 2.06. The van der Waals surface area contributed by atoms with Gasteiger partial charge in [-0.1, -0.05) is 6.92 Å². The van der Waals surface area contributed by atoms with E-state index in [1.165, 1.54) is 4.90 Å². The largest absolute Gasteiger partial charge is 0.401 e. The van der Waals surface area contributed by atoms with E-state index in [9.17, 15) is 13.2 Å². The van der Waals surface area contributed by atoms with E-state index in [0.717, 1.165) is 6.42 Å². The Labute approximate surface area is 82.5 Å². The number of nitrogens with zero attached hydrogens (tertiary/aromatic N) is 1. The van der Waals surface area contributed by atoms with Gasteiger partial charge in [0, 0.05) is 25.2 Å². The van der Waals surface area contributed by atoms with Gasteiger partial charge in [-0.2, -0.15) is 13.2 Å². The van der Waals surface area contributed by atoms with Crippen molar-refractivity contribution in [3.8, 4) is 0 Å². The molecule has 0 saturated carbocycles. The lowest BCUT2D eigenvalue weighted by molar-refractivity contribution is -0.153. The molecular formula is C9H17F3N2. The molecule has 1 heterocycles. The van der Waals surface area contributed by atoms with Crippen LogP contribution in [0.4, 0.5) is 13.2 Å². The fourth-order valence-electron chi connectivity index (χ4n) is 1.72. The molecule has 1 saturated heterocycles. The maximum absolute atomic E-state index is 12.2. The Morgan fingerprint density at radius 3 is 2.57 bits per heavy atom. The first kappa shape index (κ1) is 11.8. The molecule has 0 aromatic heterocycles. The molecule has 1 aliphatic heterocycles. The van der Waals surface area contributed by atoms with Crippen molar-refractivity contribution in [3.63, 3.8) is 0 Å². The van der Waals surface area contributed by atoms with E-state index < -0.39 is 12.7 Å². The zero-order valence-electron chi connectivity index (χ0n) is 8.56. The fourth-order valence-corrected chi connectivity index (χ4v) is 1.72. The maximum Gasteiger partial charge on any atom is 0.401 e. The van der Waals surface area contributed by atoms with E-state index in [1.807, 2.05) is 13.8 Å². The van der Waals surface area contributed by atoms with Crippen LogP contribution in [0.3, 0.4) is 0 Å². The van der Waals surface area contributed by atoms with Gasteiger partial charge in [0.2, 0.25) is 0 Å². The second-order valence-electron chi connectivity index (χ2n) is 3.91. The molecule has 2 atom stereocenters. The summed E-state index contributed by atoms with van der Waals surface area (Å²) in [5.41, 5.74) is 0. The smallest absolute Gasteiger partial charge is 0.311 e. The second kappa shape index (κ2) is 4.49. The molecule has 0 radical (unpaired) electrons. The lowest BCUT2D eigenvalue weighted by atomic mass is 10.1. The number of piperazine rings is 1. The summed E-state index contributed by atoms with van der Waals surface area (Å²) in [6.07, 6.45) is -3.20. The molecule has 1 N–H and O–H groups in total. The zero-order chi connectivity index (χ0) is 10.8. The van der Waals surface area contributed by atoms with Gasteiger partial charge in [0.05, 0.1) is 6.54 Å². The minimum Gasteiger partial charge on any atom is -0.311 e. The highest BCUT2D eigenvalue weighted by atomic mass is 19.4. The minimum atomic E-state index is -4.08. The molecule has 0 spiro atoms. The Morgan fingerprint density at radius 1 is 1.43 bits per heavy atom. The fraction of sp³-hybridized carbons (Fsp3) is 1.00. The van der Waals surface area contributed by atoms with Crippen molar-refractivity contribution in [2.45, 2.75) is 38.5 Å². The summed E-state index contributed by atoms with van der Waals surface area (Å²) in [4.78, 5) is 1.50. The van der Waals surface area contributed by atoms with Gasteiger partial charge in [-0.05, 0) is 13.3 Å². The molecule has 2 nitrogen and oxygen atoms in total. The standard InChI is InChI=1S/C9H17F3N2/c1-3-8-5-14(6-9(10,11)12)7(2)4-13-8/h7-8,13H,3-6H2,1-2H3. The number of alkyl halides is 3. The first-order chi connectivity index (χ1) is 6.42. The molecule has 84 valence electrons. The van der Waals surface area contributed by atoms with Crippen LogP contribution in [0.1, 0.15) is 20.3 Å². The maximum atomic E-state index is 12.2. The summed E-state index contributed by atoms with van der Waals surface area (Å²) in [6.45, 7) is 4.17. The summed E-state index contributed by atoms with van der Waals surface area (Å²) in [5.74, 6) is 0. The van der Waals surface area contributed by atoms with Crippen LogP contribution in [0, 0.1) is 0 Å². The first-order valence-electron chi connectivity index (χ1n) is 4.96. The normalized spacial score (nSPS) is 30.6. The molecule has 1 fully saturated rings. The SMILES string of the molecule is CCC1CN(CC(F)(F)F)C(C)CN1. The Balaban J connectivity index is 2.48. The zero-order valence-corrected chi connectivity index (χ0v) is 8.56. The summed E-state index contributed by atoms with van der Waals surface area (Å²) in [7, 11) is 0. The van der Waals surface area contributed by atoms with Gasteiger partial charge in [-0.15, -0.1) is 0 Å². The van der Waals surface area contributed by atoms with Crippen LogP contribution >= 0.6 is 0 Å². The van der Waals surface area contributed by atoms with Gasteiger partial charge >= 0.3 is 6.18 Å². The van der Waals surface area contributed by atoms with Crippen molar-refractivity contribution in [1.29, 1.82) is 0 Å². The van der Waals surface area contributed by atoms with E-state index in [2.05, 4.69) is 5.32 Å². The van der Waals surface area contributed by atoms with Crippen LogP contribution in [0.25, 0.3) is 0 Å². The summed E-state index contributed by atoms with van der Waals surface area (Å²) < 4.78 is 36.5. The summed E-state index contributed by atoms with van der Waals surface area (Å²) in [6, 6.07) is 0.174. The van der Waals surface area contributed by atoms with Gasteiger partial charge in [-0.25, -0.2) is 0 Å². The molecule has 5 heteroatoms. The van der Waals surface area contributed by atoms with Gasteiger partial charge in [0.15, 0.2) is 0 Å². The third-order valence-electron chi connectivity index (χ3n) is 2.66. The van der Waals surface area contributed by atoms with Crippen LogP contribution in [-0.2, 0) is 0 Å². The predicted molar refractivity (Wildman–Crippen MR) is 49.2 cm³/mol. The molecule has 1 rings (SSSR count). The number of nitrogens with one attached hydrogen (secondary N) is 1. The van der Waals surface area contributed by atoms with Crippen molar-refractivity contribution >= 4 is 0 Å². The van der Waals surface area contributed by atoms with Crippen LogP contribution < -0.4 is 5.32 Å². The van der Waals surface area contributed by atoms with Gasteiger partial charge in [0.25, 0.3) is 0 Å². The number of rotatable bonds is 2. The number of halogens is 3. The molecule has 0 amide bonds. The van der Waals surface area contributed by atoms with E-state index in [4.69, 9.17) is 0 Å². The van der Waals surface area contributed by atoms with Gasteiger partial charge < -0.3 is 5.32 Å². The third kappa shape index (κ3) is 3.46. The monoisotopic (exact) mass is 210 g/mol. The molecular weight excluding hydrogens is 193 g/mol. The van der Waals surface area contributed by atoms with Gasteiger partial charge in [-0.3, -0.25) is 4.90 Å². The van der Waals surface area contributed by atoms with E-state index in [-0.39, 0.29) is 12.1 Å². The average molecular weight is 210 g/mol. The third-order valence-corrected chi connectivity index (χ3v) is 2.66.